The van der Waals surface area contributed by atoms with Crippen molar-refractivity contribution >= 4 is 50.2 Å². The van der Waals surface area contributed by atoms with Crippen molar-refractivity contribution in [2.24, 2.45) is 4.99 Å². The first kappa shape index (κ1) is 10.9. The van der Waals surface area contributed by atoms with Gasteiger partial charge in [-0.25, -0.2) is 4.98 Å². The normalized spacial score (nSPS) is 14.8. The molecule has 0 aliphatic carbocycles. The van der Waals surface area contributed by atoms with Gasteiger partial charge in [0.2, 0.25) is 0 Å². The third-order valence-corrected chi connectivity index (χ3v) is 3.63. The van der Waals surface area contributed by atoms with Crippen LogP contribution in [-0.4, -0.2) is 29.0 Å². The number of guanidine groups is 1. The summed E-state index contributed by atoms with van der Waals surface area (Å²) >= 11 is 9.68. The predicted molar refractivity (Wildman–Crippen MR) is 72.7 cm³/mol. The average molecular weight is 315 g/mol. The number of nitrogens with one attached hydrogen (secondary N) is 3. The molecule has 3 rings (SSSR count). The van der Waals surface area contributed by atoms with Crippen molar-refractivity contribution in [3.8, 4) is 0 Å². The number of anilines is 1. The number of imidazole rings is 1. The molecule has 0 unspecified atom stereocenters. The standard InChI is InChI=1S/C10H9BrClN5/c11-7-6(17-10-13-1-2-14-10)3-5(12)8-9(7)16-4-15-8/h3-4H,1-2H2,(H,15,16)(H2,13,14,17). The molecule has 0 atom stereocenters. The Morgan fingerprint density at radius 2 is 2.35 bits per heavy atom. The molecule has 2 aromatic rings. The highest BCUT2D eigenvalue weighted by atomic mass is 79.9. The van der Waals surface area contributed by atoms with Gasteiger partial charge in [0.1, 0.15) is 5.52 Å². The van der Waals surface area contributed by atoms with E-state index in [0.29, 0.717) is 5.02 Å². The molecule has 0 bridgehead atoms. The van der Waals surface area contributed by atoms with Crippen LogP contribution in [0.4, 0.5) is 5.69 Å². The van der Waals surface area contributed by atoms with E-state index >= 15 is 0 Å². The van der Waals surface area contributed by atoms with Gasteiger partial charge < -0.3 is 15.6 Å². The van der Waals surface area contributed by atoms with E-state index in [4.69, 9.17) is 11.6 Å². The maximum atomic E-state index is 6.16. The van der Waals surface area contributed by atoms with Gasteiger partial charge in [0.15, 0.2) is 5.96 Å². The van der Waals surface area contributed by atoms with Crippen molar-refractivity contribution in [1.82, 2.24) is 15.3 Å². The van der Waals surface area contributed by atoms with Crippen LogP contribution in [-0.2, 0) is 0 Å². The molecule has 1 aromatic heterocycles. The molecule has 7 heteroatoms. The van der Waals surface area contributed by atoms with Crippen LogP contribution in [0.5, 0.6) is 0 Å². The second-order valence-corrected chi connectivity index (χ2v) is 4.83. The van der Waals surface area contributed by atoms with Crippen molar-refractivity contribution in [3.05, 3.63) is 21.9 Å². The molecule has 17 heavy (non-hydrogen) atoms. The fourth-order valence-corrected chi connectivity index (χ4v) is 2.50. The minimum absolute atomic E-state index is 0.602. The Kier molecular flexibility index (Phi) is 2.68. The molecular formula is C10H9BrClN5. The van der Waals surface area contributed by atoms with Crippen LogP contribution >= 0.6 is 27.5 Å². The number of H-pyrrole nitrogens is 1. The summed E-state index contributed by atoms with van der Waals surface area (Å²) in [6, 6.07) is 1.83. The Labute approximate surface area is 111 Å². The van der Waals surface area contributed by atoms with E-state index in [1.807, 2.05) is 6.07 Å². The number of hydrogen-bond donors (Lipinski definition) is 3. The summed E-state index contributed by atoms with van der Waals surface area (Å²) in [4.78, 5) is 11.5. The number of fused-ring (bicyclic) bond motifs is 1. The van der Waals surface area contributed by atoms with E-state index in [9.17, 15) is 0 Å². The fourth-order valence-electron chi connectivity index (χ4n) is 1.74. The number of aliphatic imine (C=N–C) groups is 1. The van der Waals surface area contributed by atoms with Crippen LogP contribution < -0.4 is 10.6 Å². The summed E-state index contributed by atoms with van der Waals surface area (Å²) in [6.07, 6.45) is 1.62. The molecule has 0 spiro atoms. The van der Waals surface area contributed by atoms with Gasteiger partial charge in [-0.05, 0) is 22.0 Å². The Morgan fingerprint density at radius 1 is 1.47 bits per heavy atom. The van der Waals surface area contributed by atoms with Crippen molar-refractivity contribution in [1.29, 1.82) is 0 Å². The topological polar surface area (TPSA) is 65.1 Å². The highest BCUT2D eigenvalue weighted by molar-refractivity contribution is 9.10. The van der Waals surface area contributed by atoms with Crippen LogP contribution in [0, 0.1) is 0 Å². The summed E-state index contributed by atoms with van der Waals surface area (Å²) in [5.74, 6) is 0.764. The van der Waals surface area contributed by atoms with Crippen molar-refractivity contribution in [3.63, 3.8) is 0 Å². The van der Waals surface area contributed by atoms with Crippen LogP contribution in [0.25, 0.3) is 11.0 Å². The first-order chi connectivity index (χ1) is 8.25. The highest BCUT2D eigenvalue weighted by Gasteiger charge is 2.13. The lowest BCUT2D eigenvalue weighted by Crippen LogP contribution is -2.26. The van der Waals surface area contributed by atoms with Gasteiger partial charge in [0, 0.05) is 6.54 Å². The number of aromatic amines is 1. The lowest BCUT2D eigenvalue weighted by molar-refractivity contribution is 0.959. The third-order valence-electron chi connectivity index (χ3n) is 2.52. The largest absolute Gasteiger partial charge is 0.354 e. The molecule has 0 fully saturated rings. The van der Waals surface area contributed by atoms with E-state index in [1.165, 1.54) is 0 Å². The molecule has 1 aliphatic rings. The van der Waals surface area contributed by atoms with Crippen molar-refractivity contribution in [2.75, 3.05) is 18.4 Å². The van der Waals surface area contributed by atoms with Crippen LogP contribution in [0.3, 0.4) is 0 Å². The monoisotopic (exact) mass is 313 g/mol. The van der Waals surface area contributed by atoms with Gasteiger partial charge in [-0.15, -0.1) is 0 Å². The highest BCUT2D eigenvalue weighted by Crippen LogP contribution is 2.34. The van der Waals surface area contributed by atoms with Crippen LogP contribution in [0.1, 0.15) is 0 Å². The smallest absolute Gasteiger partial charge is 0.195 e. The second-order valence-electron chi connectivity index (χ2n) is 3.63. The van der Waals surface area contributed by atoms with E-state index < -0.39 is 0 Å². The molecule has 88 valence electrons. The zero-order valence-electron chi connectivity index (χ0n) is 8.72. The summed E-state index contributed by atoms with van der Waals surface area (Å²) in [7, 11) is 0. The average Bonchev–Trinajstić information content (AvgIpc) is 2.96. The summed E-state index contributed by atoms with van der Waals surface area (Å²) < 4.78 is 0.894. The predicted octanol–water partition coefficient (Wildman–Crippen LogP) is 2.35. The minimum atomic E-state index is 0.602. The van der Waals surface area contributed by atoms with E-state index in [0.717, 1.165) is 40.2 Å². The maximum Gasteiger partial charge on any atom is 0.195 e. The number of hydrogen-bond acceptors (Lipinski definition) is 4. The van der Waals surface area contributed by atoms with Gasteiger partial charge >= 0.3 is 0 Å². The lowest BCUT2D eigenvalue weighted by atomic mass is 10.2. The van der Waals surface area contributed by atoms with E-state index in [1.54, 1.807) is 6.33 Å². The third kappa shape index (κ3) is 1.87. The molecule has 1 aromatic carbocycles. The zero-order chi connectivity index (χ0) is 11.8. The molecule has 2 heterocycles. The first-order valence-corrected chi connectivity index (χ1v) is 6.29. The van der Waals surface area contributed by atoms with Gasteiger partial charge in [-0.1, -0.05) is 11.6 Å². The molecule has 0 amide bonds. The van der Waals surface area contributed by atoms with Crippen LogP contribution in [0.15, 0.2) is 21.9 Å². The molecule has 0 saturated carbocycles. The molecule has 3 N–H and O–H groups in total. The number of nitrogens with zero attached hydrogens (tertiary/aromatic N) is 2. The van der Waals surface area contributed by atoms with Gasteiger partial charge in [0.25, 0.3) is 0 Å². The molecule has 5 nitrogen and oxygen atoms in total. The number of rotatable bonds is 1. The first-order valence-electron chi connectivity index (χ1n) is 5.12. The Balaban J connectivity index is 2.06. The Morgan fingerprint density at radius 3 is 3.12 bits per heavy atom. The Hall–Kier alpha value is -1.27. The van der Waals surface area contributed by atoms with E-state index in [-0.39, 0.29) is 0 Å². The lowest BCUT2D eigenvalue weighted by Gasteiger charge is -2.10. The maximum absolute atomic E-state index is 6.16. The molecular weight excluding hydrogens is 306 g/mol. The van der Waals surface area contributed by atoms with Gasteiger partial charge in [-0.3, -0.25) is 4.99 Å². The quantitative estimate of drug-likeness (QED) is 0.757. The van der Waals surface area contributed by atoms with E-state index in [2.05, 4.69) is 41.5 Å². The SMILES string of the molecule is Clc1cc(NC2=NCCN2)c(Br)c2[nH]cnc12. The van der Waals surface area contributed by atoms with Crippen LogP contribution in [0.2, 0.25) is 5.02 Å². The van der Waals surface area contributed by atoms with Gasteiger partial charge in [-0.2, -0.15) is 0 Å². The number of benzene rings is 1. The second kappa shape index (κ2) is 4.19. The molecule has 1 aliphatic heterocycles. The fraction of sp³-hybridized carbons (Fsp3) is 0.200. The molecule has 0 radical (unpaired) electrons. The van der Waals surface area contributed by atoms with Gasteiger partial charge in [0.05, 0.1) is 33.6 Å². The van der Waals surface area contributed by atoms with Crippen molar-refractivity contribution < 1.29 is 0 Å². The summed E-state index contributed by atoms with van der Waals surface area (Å²) in [6.45, 7) is 1.65. The summed E-state index contributed by atoms with van der Waals surface area (Å²) in [5, 5.41) is 6.94. The number of halogens is 2. The summed E-state index contributed by atoms with van der Waals surface area (Å²) in [5.41, 5.74) is 2.49. The minimum Gasteiger partial charge on any atom is -0.354 e. The number of aromatic nitrogens is 2. The van der Waals surface area contributed by atoms with Crippen molar-refractivity contribution in [2.45, 2.75) is 0 Å². The zero-order valence-corrected chi connectivity index (χ0v) is 11.1. The Bertz CT molecular complexity index is 606. The molecule has 0 saturated heterocycles.